The second kappa shape index (κ2) is 8.93. The van der Waals surface area contributed by atoms with Crippen molar-refractivity contribution >= 4 is 11.8 Å². The second-order valence-electron chi connectivity index (χ2n) is 7.80. The molecule has 8 heteroatoms. The van der Waals surface area contributed by atoms with Crippen LogP contribution in [0.4, 0.5) is 0 Å². The standard InChI is InChI=1S/C23H27N3O5/c1-26-21(14-6-4-8-24-12-14)20(22(27)25-13-15-7-5-9-31-15)16-10-18(29-2)19(30-3)11-17(16)23(26)28/h4,6,8,10-12,15,20-21H,5,7,9,13H2,1-3H3,(H,25,27)/t15-,20-,21-/m0/s1. The highest BCUT2D eigenvalue weighted by atomic mass is 16.5. The fourth-order valence-electron chi connectivity index (χ4n) is 4.43. The Kier molecular flexibility index (Phi) is 6.08. The van der Waals surface area contributed by atoms with Crippen molar-refractivity contribution in [2.45, 2.75) is 30.9 Å². The molecule has 2 aromatic rings. The molecule has 1 aromatic heterocycles. The molecule has 0 unspecified atom stereocenters. The number of hydrogen-bond acceptors (Lipinski definition) is 6. The van der Waals surface area contributed by atoms with Crippen molar-refractivity contribution in [2.75, 3.05) is 34.4 Å². The summed E-state index contributed by atoms with van der Waals surface area (Å²) in [4.78, 5) is 32.6. The molecule has 8 nitrogen and oxygen atoms in total. The quantitative estimate of drug-likeness (QED) is 0.764. The van der Waals surface area contributed by atoms with Crippen LogP contribution in [0.3, 0.4) is 0 Å². The van der Waals surface area contributed by atoms with Crippen molar-refractivity contribution in [1.82, 2.24) is 15.2 Å². The lowest BCUT2D eigenvalue weighted by Gasteiger charge is -2.40. The Morgan fingerprint density at radius 2 is 2.06 bits per heavy atom. The summed E-state index contributed by atoms with van der Waals surface area (Å²) in [7, 11) is 4.76. The number of carbonyl (C=O) groups excluding carboxylic acids is 2. The summed E-state index contributed by atoms with van der Waals surface area (Å²) in [6, 6.07) is 6.56. The van der Waals surface area contributed by atoms with Crippen LogP contribution in [0.1, 0.15) is 46.3 Å². The van der Waals surface area contributed by atoms with E-state index < -0.39 is 12.0 Å². The van der Waals surface area contributed by atoms with Crippen LogP contribution < -0.4 is 14.8 Å². The maximum atomic E-state index is 13.5. The number of methoxy groups -OCH3 is 2. The highest BCUT2D eigenvalue weighted by Crippen LogP contribution is 2.45. The van der Waals surface area contributed by atoms with Crippen LogP contribution in [0, 0.1) is 0 Å². The molecule has 0 saturated carbocycles. The molecule has 0 spiro atoms. The van der Waals surface area contributed by atoms with E-state index in [0.29, 0.717) is 29.2 Å². The molecule has 31 heavy (non-hydrogen) atoms. The molecular weight excluding hydrogens is 398 g/mol. The number of fused-ring (bicyclic) bond motifs is 1. The Labute approximate surface area is 181 Å². The number of hydrogen-bond donors (Lipinski definition) is 1. The number of nitrogens with zero attached hydrogens (tertiary/aromatic N) is 2. The van der Waals surface area contributed by atoms with Crippen LogP contribution in [-0.4, -0.2) is 62.2 Å². The van der Waals surface area contributed by atoms with E-state index in [9.17, 15) is 9.59 Å². The van der Waals surface area contributed by atoms with Gasteiger partial charge in [-0.3, -0.25) is 14.6 Å². The maximum absolute atomic E-state index is 13.5. The molecule has 2 amide bonds. The number of aromatic nitrogens is 1. The fourth-order valence-corrected chi connectivity index (χ4v) is 4.43. The average Bonchev–Trinajstić information content (AvgIpc) is 3.33. The molecule has 1 aromatic carbocycles. The third-order valence-electron chi connectivity index (χ3n) is 6.01. The molecule has 1 saturated heterocycles. The molecule has 1 fully saturated rings. The number of nitrogens with one attached hydrogen (secondary N) is 1. The van der Waals surface area contributed by atoms with E-state index >= 15 is 0 Å². The first-order chi connectivity index (χ1) is 15.0. The number of amides is 2. The summed E-state index contributed by atoms with van der Waals surface area (Å²) < 4.78 is 16.5. The van der Waals surface area contributed by atoms with Crippen LogP contribution in [0.2, 0.25) is 0 Å². The van der Waals surface area contributed by atoms with E-state index in [1.807, 2.05) is 6.07 Å². The van der Waals surface area contributed by atoms with Crippen LogP contribution in [0.5, 0.6) is 11.5 Å². The zero-order chi connectivity index (χ0) is 22.0. The highest BCUT2D eigenvalue weighted by molar-refractivity contribution is 6.02. The number of benzene rings is 1. The topological polar surface area (TPSA) is 90.0 Å². The van der Waals surface area contributed by atoms with Gasteiger partial charge in [-0.15, -0.1) is 0 Å². The first-order valence-electron chi connectivity index (χ1n) is 10.4. The van der Waals surface area contributed by atoms with Crippen LogP contribution in [-0.2, 0) is 9.53 Å². The van der Waals surface area contributed by atoms with E-state index in [-0.39, 0.29) is 17.9 Å². The van der Waals surface area contributed by atoms with Gasteiger partial charge in [-0.05, 0) is 42.2 Å². The van der Waals surface area contributed by atoms with Gasteiger partial charge < -0.3 is 24.4 Å². The summed E-state index contributed by atoms with van der Waals surface area (Å²) >= 11 is 0. The zero-order valence-electron chi connectivity index (χ0n) is 18.0. The highest BCUT2D eigenvalue weighted by Gasteiger charge is 2.43. The lowest BCUT2D eigenvalue weighted by Crippen LogP contribution is -2.46. The Hall–Kier alpha value is -3.13. The Balaban J connectivity index is 1.78. The van der Waals surface area contributed by atoms with Crippen LogP contribution in [0.15, 0.2) is 36.7 Å². The number of carbonyl (C=O) groups is 2. The largest absolute Gasteiger partial charge is 0.493 e. The first kappa shape index (κ1) is 21.1. The summed E-state index contributed by atoms with van der Waals surface area (Å²) in [5.74, 6) is -0.0740. The molecule has 0 bridgehead atoms. The van der Waals surface area contributed by atoms with Gasteiger partial charge in [-0.2, -0.15) is 0 Å². The lowest BCUT2D eigenvalue weighted by molar-refractivity contribution is -0.124. The van der Waals surface area contributed by atoms with Gasteiger partial charge in [0.25, 0.3) is 5.91 Å². The van der Waals surface area contributed by atoms with E-state index in [1.54, 1.807) is 42.5 Å². The molecule has 4 rings (SSSR count). The molecule has 2 aliphatic rings. The van der Waals surface area contributed by atoms with Crippen molar-refractivity contribution in [1.29, 1.82) is 0 Å². The number of likely N-dealkylation sites (N-methyl/N-ethyl adjacent to an activating group) is 1. The third-order valence-corrected chi connectivity index (χ3v) is 6.01. The number of pyridine rings is 1. The fraction of sp³-hybridized carbons (Fsp3) is 0.435. The molecule has 3 atom stereocenters. The van der Waals surface area contributed by atoms with Gasteiger partial charge in [0.1, 0.15) is 0 Å². The van der Waals surface area contributed by atoms with Gasteiger partial charge in [0.05, 0.1) is 32.3 Å². The molecule has 164 valence electrons. The van der Waals surface area contributed by atoms with Crippen molar-refractivity contribution < 1.29 is 23.8 Å². The molecule has 2 aliphatic heterocycles. The summed E-state index contributed by atoms with van der Waals surface area (Å²) in [5, 5.41) is 3.04. The molecule has 1 N–H and O–H groups in total. The summed E-state index contributed by atoms with van der Waals surface area (Å²) in [5.41, 5.74) is 1.83. The first-order valence-corrected chi connectivity index (χ1v) is 10.4. The Bertz CT molecular complexity index is 959. The minimum absolute atomic E-state index is 0.0219. The smallest absolute Gasteiger partial charge is 0.254 e. The van der Waals surface area contributed by atoms with Gasteiger partial charge in [0.15, 0.2) is 11.5 Å². The van der Waals surface area contributed by atoms with Gasteiger partial charge in [0, 0.05) is 38.2 Å². The predicted molar refractivity (Wildman–Crippen MR) is 113 cm³/mol. The van der Waals surface area contributed by atoms with Gasteiger partial charge in [0.2, 0.25) is 5.91 Å². The van der Waals surface area contributed by atoms with Gasteiger partial charge in [-0.1, -0.05) is 6.07 Å². The Morgan fingerprint density at radius 3 is 2.71 bits per heavy atom. The summed E-state index contributed by atoms with van der Waals surface area (Å²) in [6.45, 7) is 1.16. The minimum atomic E-state index is -0.636. The van der Waals surface area contributed by atoms with Gasteiger partial charge >= 0.3 is 0 Å². The van der Waals surface area contributed by atoms with E-state index in [2.05, 4.69) is 10.3 Å². The van der Waals surface area contributed by atoms with Crippen molar-refractivity contribution in [3.63, 3.8) is 0 Å². The average molecular weight is 425 g/mol. The normalized spacial score (nSPS) is 22.7. The lowest BCUT2D eigenvalue weighted by atomic mass is 9.79. The van der Waals surface area contributed by atoms with Gasteiger partial charge in [-0.25, -0.2) is 0 Å². The van der Waals surface area contributed by atoms with Crippen LogP contribution >= 0.6 is 0 Å². The third kappa shape index (κ3) is 3.95. The van der Waals surface area contributed by atoms with Crippen molar-refractivity contribution in [3.8, 4) is 11.5 Å². The van der Waals surface area contributed by atoms with Crippen molar-refractivity contribution in [3.05, 3.63) is 53.3 Å². The second-order valence-corrected chi connectivity index (χ2v) is 7.80. The minimum Gasteiger partial charge on any atom is -0.493 e. The van der Waals surface area contributed by atoms with E-state index in [4.69, 9.17) is 14.2 Å². The molecule has 0 aliphatic carbocycles. The van der Waals surface area contributed by atoms with Crippen LogP contribution in [0.25, 0.3) is 0 Å². The number of ether oxygens (including phenoxy) is 3. The predicted octanol–water partition coefficient (Wildman–Crippen LogP) is 2.30. The number of rotatable bonds is 6. The molecule has 0 radical (unpaired) electrons. The Morgan fingerprint density at radius 1 is 1.29 bits per heavy atom. The van der Waals surface area contributed by atoms with E-state index in [1.165, 1.54) is 14.2 Å². The molecular formula is C23H27N3O5. The molecule has 3 heterocycles. The zero-order valence-corrected chi connectivity index (χ0v) is 18.0. The maximum Gasteiger partial charge on any atom is 0.254 e. The van der Waals surface area contributed by atoms with Crippen molar-refractivity contribution in [2.24, 2.45) is 0 Å². The monoisotopic (exact) mass is 425 g/mol. The summed E-state index contributed by atoms with van der Waals surface area (Å²) in [6.07, 6.45) is 5.31. The van der Waals surface area contributed by atoms with E-state index in [0.717, 1.165) is 25.0 Å². The SMILES string of the molecule is COc1cc2c(cc1OC)[C@H](C(=O)NC[C@@H]1CCCO1)[C@H](c1cccnc1)N(C)C2=O.